The zero-order chi connectivity index (χ0) is 14.1. The molecule has 1 amide bonds. The maximum Gasteiger partial charge on any atom is 0.222 e. The van der Waals surface area contributed by atoms with Crippen LogP contribution in [0.15, 0.2) is 24.3 Å². The molecule has 0 fully saturated rings. The molecule has 0 aliphatic carbocycles. The smallest absolute Gasteiger partial charge is 0.222 e. The average Bonchev–Trinajstić information content (AvgIpc) is 2.41. The van der Waals surface area contributed by atoms with Crippen LogP contribution < -0.4 is 4.74 Å². The fourth-order valence-electron chi connectivity index (χ4n) is 1.70. The van der Waals surface area contributed by atoms with Crippen LogP contribution in [0.2, 0.25) is 0 Å². The van der Waals surface area contributed by atoms with E-state index in [4.69, 9.17) is 4.74 Å². The molecule has 0 aliphatic heterocycles. The summed E-state index contributed by atoms with van der Waals surface area (Å²) in [5, 5.41) is 0.959. The average molecular weight is 328 g/mol. The van der Waals surface area contributed by atoms with E-state index in [2.05, 4.69) is 15.9 Å². The second kappa shape index (κ2) is 8.97. The number of carbonyl (C=O) groups excluding carboxylic acids is 1. The van der Waals surface area contributed by atoms with Crippen LogP contribution in [0.4, 0.5) is 0 Å². The SMILES string of the molecule is Cc1ccccc1OCCN(C)C(=O)CCCCBr. The molecule has 0 spiro atoms. The van der Waals surface area contributed by atoms with Crippen LogP contribution in [0, 0.1) is 6.92 Å². The minimum absolute atomic E-state index is 0.189. The molecule has 0 N–H and O–H groups in total. The molecule has 19 heavy (non-hydrogen) atoms. The molecular weight excluding hydrogens is 306 g/mol. The number of hydrogen-bond acceptors (Lipinski definition) is 2. The van der Waals surface area contributed by atoms with Crippen LogP contribution >= 0.6 is 15.9 Å². The molecule has 0 bridgehead atoms. The number of hydrogen-bond donors (Lipinski definition) is 0. The first-order valence-electron chi connectivity index (χ1n) is 6.63. The number of nitrogens with zero attached hydrogens (tertiary/aromatic N) is 1. The Kier molecular flexibility index (Phi) is 7.56. The fourth-order valence-corrected chi connectivity index (χ4v) is 2.09. The number of benzene rings is 1. The van der Waals surface area contributed by atoms with Crippen LogP contribution in [-0.2, 0) is 4.79 Å². The number of unbranched alkanes of at least 4 members (excludes halogenated alkanes) is 1. The quantitative estimate of drug-likeness (QED) is 0.541. The lowest BCUT2D eigenvalue weighted by Crippen LogP contribution is -2.30. The van der Waals surface area contributed by atoms with Gasteiger partial charge < -0.3 is 9.64 Å². The van der Waals surface area contributed by atoms with Gasteiger partial charge in [-0.3, -0.25) is 4.79 Å². The highest BCUT2D eigenvalue weighted by molar-refractivity contribution is 9.09. The summed E-state index contributed by atoms with van der Waals surface area (Å²) in [6.45, 7) is 3.18. The molecule has 0 heterocycles. The molecule has 0 unspecified atom stereocenters. The van der Waals surface area contributed by atoms with Gasteiger partial charge in [-0.05, 0) is 31.4 Å². The molecule has 1 aromatic rings. The topological polar surface area (TPSA) is 29.5 Å². The first kappa shape index (κ1) is 16.0. The van der Waals surface area contributed by atoms with Gasteiger partial charge in [-0.25, -0.2) is 0 Å². The summed E-state index contributed by atoms with van der Waals surface area (Å²) in [6.07, 6.45) is 2.60. The Morgan fingerprint density at radius 2 is 2.05 bits per heavy atom. The third-order valence-electron chi connectivity index (χ3n) is 2.98. The minimum atomic E-state index is 0.189. The molecule has 0 radical (unpaired) electrons. The minimum Gasteiger partial charge on any atom is -0.491 e. The van der Waals surface area contributed by atoms with Crippen LogP contribution in [-0.4, -0.2) is 36.3 Å². The zero-order valence-corrected chi connectivity index (χ0v) is 13.3. The van der Waals surface area contributed by atoms with Crippen molar-refractivity contribution in [2.75, 3.05) is 25.5 Å². The van der Waals surface area contributed by atoms with Gasteiger partial charge in [-0.1, -0.05) is 34.1 Å². The third kappa shape index (κ3) is 6.10. The number of halogens is 1. The first-order chi connectivity index (χ1) is 9.15. The Morgan fingerprint density at radius 3 is 2.74 bits per heavy atom. The van der Waals surface area contributed by atoms with E-state index in [9.17, 15) is 4.79 Å². The summed E-state index contributed by atoms with van der Waals surface area (Å²) in [4.78, 5) is 13.5. The van der Waals surface area contributed by atoms with Crippen LogP contribution in [0.25, 0.3) is 0 Å². The zero-order valence-electron chi connectivity index (χ0n) is 11.7. The molecule has 0 atom stereocenters. The van der Waals surface area contributed by atoms with E-state index in [-0.39, 0.29) is 5.91 Å². The summed E-state index contributed by atoms with van der Waals surface area (Å²) >= 11 is 3.37. The van der Waals surface area contributed by atoms with Gasteiger partial charge in [0.15, 0.2) is 0 Å². The fraction of sp³-hybridized carbons (Fsp3) is 0.533. The Bertz CT molecular complexity index is 395. The highest BCUT2D eigenvalue weighted by Crippen LogP contribution is 2.15. The third-order valence-corrected chi connectivity index (χ3v) is 3.54. The standard InChI is InChI=1S/C15H22BrNO2/c1-13-7-3-4-8-14(13)19-12-11-17(2)15(18)9-5-6-10-16/h3-4,7-8H,5-6,9-12H2,1-2H3. The highest BCUT2D eigenvalue weighted by atomic mass is 79.9. The van der Waals surface area contributed by atoms with Crippen LogP contribution in [0.1, 0.15) is 24.8 Å². The molecule has 106 valence electrons. The first-order valence-corrected chi connectivity index (χ1v) is 7.75. The summed E-state index contributed by atoms with van der Waals surface area (Å²) < 4.78 is 5.68. The van der Waals surface area contributed by atoms with Crippen molar-refractivity contribution in [1.82, 2.24) is 4.90 Å². The van der Waals surface area contributed by atoms with E-state index < -0.39 is 0 Å². The maximum atomic E-state index is 11.8. The largest absolute Gasteiger partial charge is 0.491 e. The normalized spacial score (nSPS) is 10.3. The number of rotatable bonds is 8. The van der Waals surface area contributed by atoms with Gasteiger partial charge in [0.25, 0.3) is 0 Å². The Balaban J connectivity index is 2.25. The van der Waals surface area contributed by atoms with Crippen molar-refractivity contribution in [3.8, 4) is 5.75 Å². The monoisotopic (exact) mass is 327 g/mol. The van der Waals surface area contributed by atoms with E-state index in [1.165, 1.54) is 0 Å². The lowest BCUT2D eigenvalue weighted by molar-refractivity contribution is -0.130. The van der Waals surface area contributed by atoms with Crippen molar-refractivity contribution in [2.45, 2.75) is 26.2 Å². The summed E-state index contributed by atoms with van der Waals surface area (Å²) in [7, 11) is 1.83. The van der Waals surface area contributed by atoms with E-state index in [0.717, 1.165) is 29.5 Å². The predicted octanol–water partition coefficient (Wildman–Crippen LogP) is 3.40. The van der Waals surface area contributed by atoms with Crippen molar-refractivity contribution in [3.63, 3.8) is 0 Å². The summed E-state index contributed by atoms with van der Waals surface area (Å²) in [5.41, 5.74) is 1.12. The Hall–Kier alpha value is -1.03. The van der Waals surface area contributed by atoms with Gasteiger partial charge in [0.1, 0.15) is 12.4 Å². The number of likely N-dealkylation sites (N-methyl/N-ethyl adjacent to an activating group) is 1. The predicted molar refractivity (Wildman–Crippen MR) is 82.0 cm³/mol. The van der Waals surface area contributed by atoms with Crippen molar-refractivity contribution in [1.29, 1.82) is 0 Å². The van der Waals surface area contributed by atoms with E-state index in [1.807, 2.05) is 38.2 Å². The van der Waals surface area contributed by atoms with Gasteiger partial charge >= 0.3 is 0 Å². The van der Waals surface area contributed by atoms with Gasteiger partial charge in [0, 0.05) is 18.8 Å². The molecule has 4 heteroatoms. The number of ether oxygens (including phenoxy) is 1. The number of amides is 1. The van der Waals surface area contributed by atoms with Crippen molar-refractivity contribution >= 4 is 21.8 Å². The number of carbonyl (C=O) groups is 1. The van der Waals surface area contributed by atoms with Crippen LogP contribution in [0.5, 0.6) is 5.75 Å². The van der Waals surface area contributed by atoms with Gasteiger partial charge in [0.2, 0.25) is 5.91 Å². The number of para-hydroxylation sites is 1. The Morgan fingerprint density at radius 1 is 1.32 bits per heavy atom. The maximum absolute atomic E-state index is 11.8. The van der Waals surface area contributed by atoms with E-state index in [1.54, 1.807) is 4.90 Å². The van der Waals surface area contributed by atoms with Gasteiger partial charge in [0.05, 0.1) is 6.54 Å². The van der Waals surface area contributed by atoms with Crippen LogP contribution in [0.3, 0.4) is 0 Å². The molecule has 1 aromatic carbocycles. The molecule has 3 nitrogen and oxygen atoms in total. The second-order valence-electron chi connectivity index (χ2n) is 4.58. The second-order valence-corrected chi connectivity index (χ2v) is 5.37. The summed E-state index contributed by atoms with van der Waals surface area (Å²) in [5.74, 6) is 1.08. The summed E-state index contributed by atoms with van der Waals surface area (Å²) in [6, 6.07) is 7.91. The van der Waals surface area contributed by atoms with E-state index >= 15 is 0 Å². The molecule has 0 saturated heterocycles. The van der Waals surface area contributed by atoms with Crippen molar-refractivity contribution in [2.24, 2.45) is 0 Å². The van der Waals surface area contributed by atoms with Gasteiger partial charge in [-0.2, -0.15) is 0 Å². The van der Waals surface area contributed by atoms with E-state index in [0.29, 0.717) is 19.6 Å². The van der Waals surface area contributed by atoms with Crippen molar-refractivity contribution in [3.05, 3.63) is 29.8 Å². The molecular formula is C15H22BrNO2. The lowest BCUT2D eigenvalue weighted by atomic mass is 10.2. The lowest BCUT2D eigenvalue weighted by Gasteiger charge is -2.18. The molecule has 0 saturated carbocycles. The number of aryl methyl sites for hydroxylation is 1. The van der Waals surface area contributed by atoms with Gasteiger partial charge in [-0.15, -0.1) is 0 Å². The molecule has 0 aliphatic rings. The molecule has 0 aromatic heterocycles. The highest BCUT2D eigenvalue weighted by Gasteiger charge is 2.08. The Labute approximate surface area is 124 Å². The molecule has 1 rings (SSSR count). The van der Waals surface area contributed by atoms with Crippen molar-refractivity contribution < 1.29 is 9.53 Å². The number of alkyl halides is 1.